The molecule has 2 N–H and O–H groups in total. The van der Waals surface area contributed by atoms with Crippen LogP contribution in [0.2, 0.25) is 0 Å². The number of aromatic amines is 1. The number of nitrogens with zero attached hydrogens (tertiary/aromatic N) is 4. The summed E-state index contributed by atoms with van der Waals surface area (Å²) < 4.78 is 5.24. The van der Waals surface area contributed by atoms with Gasteiger partial charge in [0.25, 0.3) is 0 Å². The van der Waals surface area contributed by atoms with Crippen LogP contribution in [-0.4, -0.2) is 38.3 Å². The van der Waals surface area contributed by atoms with Crippen LogP contribution < -0.4 is 5.32 Å². The van der Waals surface area contributed by atoms with Gasteiger partial charge in [0.1, 0.15) is 6.04 Å². The monoisotopic (exact) mass is 346 g/mol. The first kappa shape index (κ1) is 17.4. The average molecular weight is 346 g/mol. The summed E-state index contributed by atoms with van der Waals surface area (Å²) in [6.07, 6.45) is 4.46. The van der Waals surface area contributed by atoms with Crippen molar-refractivity contribution in [1.29, 1.82) is 0 Å². The van der Waals surface area contributed by atoms with Crippen molar-refractivity contribution in [3.05, 3.63) is 28.7 Å². The summed E-state index contributed by atoms with van der Waals surface area (Å²) in [6, 6.07) is -0.535. The Hall–Kier alpha value is -2.38. The molecule has 8 nitrogen and oxygen atoms in total. The Morgan fingerprint density at radius 3 is 2.80 bits per heavy atom. The molecule has 0 aromatic carbocycles. The summed E-state index contributed by atoms with van der Waals surface area (Å²) in [5, 5.41) is 14.3. The third-order valence-electron chi connectivity index (χ3n) is 4.56. The van der Waals surface area contributed by atoms with Crippen molar-refractivity contribution in [2.75, 3.05) is 7.05 Å². The van der Waals surface area contributed by atoms with Gasteiger partial charge in [0.15, 0.2) is 5.82 Å². The molecule has 136 valence electrons. The first-order chi connectivity index (χ1) is 12.0. The molecule has 1 aliphatic rings. The second-order valence-electron chi connectivity index (χ2n) is 7.01. The maximum absolute atomic E-state index is 12.4. The number of fused-ring (bicyclic) bond motifs is 1. The third kappa shape index (κ3) is 3.83. The zero-order chi connectivity index (χ0) is 18.0. The number of aromatic nitrogens is 4. The number of H-pyrrole nitrogens is 1. The van der Waals surface area contributed by atoms with E-state index in [0.717, 1.165) is 18.5 Å². The predicted octanol–water partition coefficient (Wildman–Crippen LogP) is 2.70. The van der Waals surface area contributed by atoms with E-state index in [9.17, 15) is 4.79 Å². The van der Waals surface area contributed by atoms with Crippen LogP contribution in [-0.2, 0) is 19.4 Å². The Kier molecular flexibility index (Phi) is 5.06. The number of rotatable bonds is 5. The zero-order valence-electron chi connectivity index (χ0n) is 15.3. The molecular weight excluding hydrogens is 320 g/mol. The van der Waals surface area contributed by atoms with E-state index in [1.54, 1.807) is 11.9 Å². The van der Waals surface area contributed by atoms with Crippen LogP contribution in [0.15, 0.2) is 4.52 Å². The van der Waals surface area contributed by atoms with Crippen LogP contribution in [0, 0.1) is 0 Å². The minimum absolute atomic E-state index is 0.189. The van der Waals surface area contributed by atoms with Gasteiger partial charge in [0, 0.05) is 18.7 Å². The second kappa shape index (κ2) is 7.25. The molecule has 3 rings (SSSR count). The molecule has 0 saturated carbocycles. The number of urea groups is 1. The highest BCUT2D eigenvalue weighted by atomic mass is 16.5. The van der Waals surface area contributed by atoms with Gasteiger partial charge < -0.3 is 14.7 Å². The molecule has 0 radical (unpaired) electrons. The summed E-state index contributed by atoms with van der Waals surface area (Å²) >= 11 is 0. The summed E-state index contributed by atoms with van der Waals surface area (Å²) in [7, 11) is 1.76. The van der Waals surface area contributed by atoms with Crippen LogP contribution in [0.1, 0.15) is 74.2 Å². The maximum atomic E-state index is 12.4. The van der Waals surface area contributed by atoms with Gasteiger partial charge >= 0.3 is 6.03 Å². The largest absolute Gasteiger partial charge is 0.337 e. The van der Waals surface area contributed by atoms with E-state index in [4.69, 9.17) is 4.52 Å². The highest BCUT2D eigenvalue weighted by Crippen LogP contribution is 2.23. The van der Waals surface area contributed by atoms with E-state index in [1.807, 2.05) is 20.8 Å². The van der Waals surface area contributed by atoms with Crippen molar-refractivity contribution in [2.24, 2.45) is 0 Å². The van der Waals surface area contributed by atoms with Crippen molar-refractivity contribution >= 4 is 6.03 Å². The quantitative estimate of drug-likeness (QED) is 0.867. The van der Waals surface area contributed by atoms with E-state index in [0.29, 0.717) is 18.3 Å². The van der Waals surface area contributed by atoms with Gasteiger partial charge in [-0.1, -0.05) is 19.0 Å². The lowest BCUT2D eigenvalue weighted by Crippen LogP contribution is -2.38. The van der Waals surface area contributed by atoms with Crippen LogP contribution in [0.25, 0.3) is 0 Å². The lowest BCUT2D eigenvalue weighted by molar-refractivity contribution is 0.199. The topological polar surface area (TPSA) is 99.9 Å². The van der Waals surface area contributed by atoms with Crippen molar-refractivity contribution in [3.63, 3.8) is 0 Å². The van der Waals surface area contributed by atoms with Crippen molar-refractivity contribution in [1.82, 2.24) is 30.6 Å². The molecule has 0 bridgehead atoms. The average Bonchev–Trinajstić information content (AvgIpc) is 3.22. The molecule has 2 amide bonds. The summed E-state index contributed by atoms with van der Waals surface area (Å²) in [5.41, 5.74) is 3.45. The number of carbonyl (C=O) groups is 1. The third-order valence-corrected chi connectivity index (χ3v) is 4.56. The Bertz CT molecular complexity index is 735. The van der Waals surface area contributed by atoms with Gasteiger partial charge in [-0.2, -0.15) is 10.1 Å². The van der Waals surface area contributed by atoms with Crippen LogP contribution in [0.5, 0.6) is 0 Å². The van der Waals surface area contributed by atoms with Gasteiger partial charge in [-0.3, -0.25) is 5.10 Å². The predicted molar refractivity (Wildman–Crippen MR) is 92.0 cm³/mol. The Balaban J connectivity index is 1.59. The number of nitrogens with one attached hydrogen (secondary N) is 2. The molecule has 1 aliphatic carbocycles. The maximum Gasteiger partial charge on any atom is 0.318 e. The molecular formula is C17H26N6O2. The molecule has 2 aromatic heterocycles. The molecule has 1 atom stereocenters. The van der Waals surface area contributed by atoms with Crippen molar-refractivity contribution in [2.45, 2.75) is 65.0 Å². The Morgan fingerprint density at radius 1 is 1.32 bits per heavy atom. The molecule has 0 spiro atoms. The van der Waals surface area contributed by atoms with E-state index in [1.165, 1.54) is 24.1 Å². The molecule has 25 heavy (non-hydrogen) atoms. The van der Waals surface area contributed by atoms with E-state index >= 15 is 0 Å². The number of hydrogen-bond acceptors (Lipinski definition) is 5. The van der Waals surface area contributed by atoms with Gasteiger partial charge in [0.05, 0.1) is 12.2 Å². The minimum Gasteiger partial charge on any atom is -0.337 e. The number of aryl methyl sites for hydroxylation is 1. The number of carbonyl (C=O) groups excluding carboxylic acids is 1. The summed E-state index contributed by atoms with van der Waals surface area (Å²) in [4.78, 5) is 18.4. The van der Waals surface area contributed by atoms with E-state index < -0.39 is 0 Å². The fraction of sp³-hybridized carbons (Fsp3) is 0.647. The first-order valence-corrected chi connectivity index (χ1v) is 8.85. The summed E-state index contributed by atoms with van der Waals surface area (Å²) in [6.45, 7) is 6.30. The molecule has 0 saturated heterocycles. The highest BCUT2D eigenvalue weighted by Gasteiger charge is 2.22. The molecule has 8 heteroatoms. The van der Waals surface area contributed by atoms with Crippen molar-refractivity contribution in [3.8, 4) is 0 Å². The molecule has 2 aromatic rings. The Labute approximate surface area is 147 Å². The van der Waals surface area contributed by atoms with Gasteiger partial charge in [-0.15, -0.1) is 0 Å². The van der Waals surface area contributed by atoms with Crippen molar-refractivity contribution < 1.29 is 9.32 Å². The van der Waals surface area contributed by atoms with Crippen LogP contribution in [0.3, 0.4) is 0 Å². The molecule has 2 heterocycles. The second-order valence-corrected chi connectivity index (χ2v) is 7.01. The standard InChI is InChI=1S/C17H26N6O2/c1-10(2)15-19-16(25-22-15)11(3)18-17(24)23(4)9-14-12-7-5-6-8-13(12)20-21-14/h10-11H,5-9H2,1-4H3,(H,18,24)(H,20,21)/t11-/m0/s1. The van der Waals surface area contributed by atoms with E-state index in [-0.39, 0.29) is 18.0 Å². The molecule has 0 fully saturated rings. The van der Waals surface area contributed by atoms with Crippen LogP contribution in [0.4, 0.5) is 4.79 Å². The lowest BCUT2D eigenvalue weighted by atomic mass is 9.96. The van der Waals surface area contributed by atoms with Gasteiger partial charge in [-0.25, -0.2) is 4.79 Å². The lowest BCUT2D eigenvalue weighted by Gasteiger charge is -2.20. The normalized spacial score (nSPS) is 15.1. The summed E-state index contributed by atoms with van der Waals surface area (Å²) in [5.74, 6) is 1.25. The highest BCUT2D eigenvalue weighted by molar-refractivity contribution is 5.74. The zero-order valence-corrected chi connectivity index (χ0v) is 15.3. The smallest absolute Gasteiger partial charge is 0.318 e. The fourth-order valence-electron chi connectivity index (χ4n) is 2.99. The number of amides is 2. The first-order valence-electron chi connectivity index (χ1n) is 8.85. The number of hydrogen-bond donors (Lipinski definition) is 2. The molecule has 0 aliphatic heterocycles. The molecule has 0 unspecified atom stereocenters. The minimum atomic E-state index is -0.344. The van der Waals surface area contributed by atoms with Gasteiger partial charge in [-0.05, 0) is 38.2 Å². The fourth-order valence-corrected chi connectivity index (χ4v) is 2.99. The SMILES string of the molecule is CC(C)c1noc([C@H](C)NC(=O)N(C)Cc2n[nH]c3c2CCCC3)n1. The Morgan fingerprint density at radius 2 is 2.08 bits per heavy atom. The van der Waals surface area contributed by atoms with Crippen LogP contribution >= 0.6 is 0 Å². The van der Waals surface area contributed by atoms with Gasteiger partial charge in [0.2, 0.25) is 5.89 Å². The van der Waals surface area contributed by atoms with E-state index in [2.05, 4.69) is 25.7 Å².